The third kappa shape index (κ3) is 4.58. The Morgan fingerprint density at radius 2 is 0.575 bits per heavy atom. The van der Waals surface area contributed by atoms with E-state index in [1.807, 2.05) is 0 Å². The maximum atomic E-state index is 3.98. The summed E-state index contributed by atoms with van der Waals surface area (Å²) in [4.78, 5) is 0. The zero-order chi connectivity index (χ0) is 27.1. The second-order valence-corrected chi connectivity index (χ2v) is 11.6. The third-order valence-electron chi connectivity index (χ3n) is 7.59. The summed E-state index contributed by atoms with van der Waals surface area (Å²) in [5, 5.41) is 4.77. The van der Waals surface area contributed by atoms with E-state index in [2.05, 4.69) is 177 Å². The van der Waals surface area contributed by atoms with Crippen LogP contribution in [0.25, 0.3) is 66.1 Å². The van der Waals surface area contributed by atoms with Gasteiger partial charge in [-0.1, -0.05) is 121 Å². The number of halogens is 2. The Morgan fingerprint density at radius 1 is 0.250 bits per heavy atom. The van der Waals surface area contributed by atoms with E-state index in [0.29, 0.717) is 0 Å². The quantitative estimate of drug-likeness (QED) is 0.168. The lowest BCUT2D eigenvalue weighted by Crippen LogP contribution is -1.87. The van der Waals surface area contributed by atoms with Gasteiger partial charge in [0.25, 0.3) is 0 Å². The van der Waals surface area contributed by atoms with Gasteiger partial charge in [-0.05, 0) is 122 Å². The van der Waals surface area contributed by atoms with Crippen LogP contribution >= 0.6 is 31.9 Å². The summed E-state index contributed by atoms with van der Waals surface area (Å²) in [6, 6.07) is 52.2. The predicted octanol–water partition coefficient (Wildman–Crippen LogP) is 12.2. The van der Waals surface area contributed by atoms with E-state index in [0.717, 1.165) is 8.95 Å². The highest BCUT2D eigenvalue weighted by Crippen LogP contribution is 2.42. The first-order valence-corrected chi connectivity index (χ1v) is 14.9. The molecule has 40 heavy (non-hydrogen) atoms. The largest absolute Gasteiger partial charge is 0.0622 e. The van der Waals surface area contributed by atoms with Gasteiger partial charge in [-0.3, -0.25) is 0 Å². The molecular weight excluding hydrogens is 616 g/mol. The molecule has 0 unspecified atom stereocenters. The fraction of sp³-hybridized carbons (Fsp3) is 0. The van der Waals surface area contributed by atoms with Crippen LogP contribution in [0.5, 0.6) is 0 Å². The highest BCUT2D eigenvalue weighted by Gasteiger charge is 2.14. The van der Waals surface area contributed by atoms with Crippen LogP contribution in [-0.2, 0) is 0 Å². The second kappa shape index (κ2) is 10.5. The Kier molecular flexibility index (Phi) is 6.59. The summed E-state index contributed by atoms with van der Waals surface area (Å²) in [7, 11) is 0. The molecular formula is C38H24Br2. The molecule has 0 bridgehead atoms. The van der Waals surface area contributed by atoms with Crippen LogP contribution in [0.4, 0.5) is 0 Å². The first kappa shape index (κ1) is 25.0. The number of fused-ring (bicyclic) bond motifs is 2. The van der Waals surface area contributed by atoms with Gasteiger partial charge < -0.3 is 0 Å². The number of benzene rings is 7. The molecule has 0 heterocycles. The predicted molar refractivity (Wildman–Crippen MR) is 179 cm³/mol. The van der Waals surface area contributed by atoms with Crippen LogP contribution in [0.3, 0.4) is 0 Å². The molecule has 7 aromatic carbocycles. The van der Waals surface area contributed by atoms with Crippen LogP contribution < -0.4 is 0 Å². The molecule has 0 aliphatic heterocycles. The van der Waals surface area contributed by atoms with Gasteiger partial charge in [0.05, 0.1) is 0 Å². The molecule has 7 rings (SSSR count). The van der Waals surface area contributed by atoms with E-state index >= 15 is 0 Å². The average molecular weight is 640 g/mol. The van der Waals surface area contributed by atoms with E-state index < -0.39 is 0 Å². The fourth-order valence-corrected chi connectivity index (χ4v) is 6.85. The maximum Gasteiger partial charge on any atom is 0.0333 e. The monoisotopic (exact) mass is 638 g/mol. The Hall–Kier alpha value is -3.98. The smallest absolute Gasteiger partial charge is 0.0333 e. The third-order valence-corrected chi connectivity index (χ3v) is 9.30. The zero-order valence-electron chi connectivity index (χ0n) is 21.6. The molecule has 2 heteroatoms. The number of rotatable bonds is 4. The summed E-state index contributed by atoms with van der Waals surface area (Å²) in [6.45, 7) is 0. The first-order valence-electron chi connectivity index (χ1n) is 13.3. The minimum atomic E-state index is 1.12. The van der Waals surface area contributed by atoms with Gasteiger partial charge in [-0.2, -0.15) is 0 Å². The molecule has 190 valence electrons. The summed E-state index contributed by atoms with van der Waals surface area (Å²) < 4.78 is 2.23. The van der Waals surface area contributed by atoms with E-state index in [4.69, 9.17) is 0 Å². The summed E-state index contributed by atoms with van der Waals surface area (Å²) in [5.74, 6) is 0. The number of hydrogen-bond acceptors (Lipinski definition) is 0. The standard InChI is InChI=1S/C38H24Br2/c39-37-34-20-18-32(30-16-8-14-28(22-30)26-11-5-2-6-12-26)24-36(34)38(40)33-19-17-31(23-35(33)37)29-15-7-13-27(21-29)25-9-3-1-4-10-25/h1-24H. The topological polar surface area (TPSA) is 0 Å². The summed E-state index contributed by atoms with van der Waals surface area (Å²) in [5.41, 5.74) is 9.72. The lowest BCUT2D eigenvalue weighted by Gasteiger charge is -2.14. The van der Waals surface area contributed by atoms with Gasteiger partial charge in [-0.15, -0.1) is 0 Å². The SMILES string of the molecule is Brc1c2ccc(-c3cccc(-c4ccccc4)c3)cc2c(Br)c2ccc(-c3cccc(-c4ccccc4)c3)cc12. The highest BCUT2D eigenvalue weighted by molar-refractivity contribution is 9.11. The molecule has 0 radical (unpaired) electrons. The fourth-order valence-electron chi connectivity index (χ4n) is 5.50. The van der Waals surface area contributed by atoms with Gasteiger partial charge in [0.2, 0.25) is 0 Å². The van der Waals surface area contributed by atoms with Crippen LogP contribution in [0.1, 0.15) is 0 Å². The van der Waals surface area contributed by atoms with Gasteiger partial charge >= 0.3 is 0 Å². The molecule has 0 atom stereocenters. The maximum absolute atomic E-state index is 3.98. The van der Waals surface area contributed by atoms with Gasteiger partial charge in [0.1, 0.15) is 0 Å². The molecule has 0 aliphatic rings. The van der Waals surface area contributed by atoms with Crippen molar-refractivity contribution in [3.05, 3.63) is 155 Å². The van der Waals surface area contributed by atoms with Crippen LogP contribution in [0.15, 0.2) is 155 Å². The molecule has 0 saturated carbocycles. The molecule has 7 aromatic rings. The molecule has 0 fully saturated rings. The molecule has 0 nitrogen and oxygen atoms in total. The molecule has 0 spiro atoms. The molecule has 0 N–H and O–H groups in total. The van der Waals surface area contributed by atoms with Gasteiger partial charge in [-0.25, -0.2) is 0 Å². The van der Waals surface area contributed by atoms with Crippen molar-refractivity contribution in [3.63, 3.8) is 0 Å². The molecule has 0 amide bonds. The zero-order valence-corrected chi connectivity index (χ0v) is 24.8. The van der Waals surface area contributed by atoms with E-state index in [1.54, 1.807) is 0 Å². The van der Waals surface area contributed by atoms with Crippen molar-refractivity contribution in [2.45, 2.75) is 0 Å². The van der Waals surface area contributed by atoms with Crippen molar-refractivity contribution in [2.75, 3.05) is 0 Å². The molecule has 0 saturated heterocycles. The Morgan fingerprint density at radius 3 is 0.975 bits per heavy atom. The van der Waals surface area contributed by atoms with Gasteiger partial charge in [0.15, 0.2) is 0 Å². The van der Waals surface area contributed by atoms with Crippen LogP contribution in [0.2, 0.25) is 0 Å². The van der Waals surface area contributed by atoms with E-state index in [1.165, 1.54) is 66.1 Å². The summed E-state index contributed by atoms with van der Waals surface area (Å²) in [6.07, 6.45) is 0. The Bertz CT molecular complexity index is 1860. The summed E-state index contributed by atoms with van der Waals surface area (Å²) >= 11 is 7.95. The van der Waals surface area contributed by atoms with E-state index in [-0.39, 0.29) is 0 Å². The lowest BCUT2D eigenvalue weighted by atomic mass is 9.94. The van der Waals surface area contributed by atoms with Crippen molar-refractivity contribution >= 4 is 53.4 Å². The normalized spacial score (nSPS) is 11.2. The Balaban J connectivity index is 1.32. The van der Waals surface area contributed by atoms with Crippen LogP contribution in [0, 0.1) is 0 Å². The second-order valence-electron chi connectivity index (χ2n) is 10.0. The van der Waals surface area contributed by atoms with Crippen molar-refractivity contribution in [1.29, 1.82) is 0 Å². The number of hydrogen-bond donors (Lipinski definition) is 0. The van der Waals surface area contributed by atoms with Crippen molar-refractivity contribution < 1.29 is 0 Å². The molecule has 0 aromatic heterocycles. The van der Waals surface area contributed by atoms with Crippen molar-refractivity contribution in [2.24, 2.45) is 0 Å². The van der Waals surface area contributed by atoms with E-state index in [9.17, 15) is 0 Å². The van der Waals surface area contributed by atoms with Crippen molar-refractivity contribution in [3.8, 4) is 44.5 Å². The minimum Gasteiger partial charge on any atom is -0.0622 e. The van der Waals surface area contributed by atoms with Crippen LogP contribution in [-0.4, -0.2) is 0 Å². The average Bonchev–Trinajstić information content (AvgIpc) is 3.04. The Labute approximate surface area is 251 Å². The first-order chi connectivity index (χ1) is 19.7. The highest BCUT2D eigenvalue weighted by atomic mass is 79.9. The minimum absolute atomic E-state index is 1.12. The van der Waals surface area contributed by atoms with Gasteiger partial charge in [0, 0.05) is 8.95 Å². The lowest BCUT2D eigenvalue weighted by molar-refractivity contribution is 1.59. The molecule has 0 aliphatic carbocycles. The van der Waals surface area contributed by atoms with Crippen molar-refractivity contribution in [1.82, 2.24) is 0 Å².